The molecule has 0 aromatic heterocycles. The molecule has 3 rings (SSSR count). The number of aromatic carboxylic acids is 1. The first kappa shape index (κ1) is 20.0. The van der Waals surface area contributed by atoms with E-state index in [1.54, 1.807) is 6.07 Å². The summed E-state index contributed by atoms with van der Waals surface area (Å²) in [6, 6.07) is 11.2. The molecule has 148 valence electrons. The van der Waals surface area contributed by atoms with Crippen molar-refractivity contribution in [3.8, 4) is 17.6 Å². The standard InChI is InChI=1S/C22H20N2O5/c1-3-28-19-10-15-8-13(2)29-20(15)11-16(19)9-17(12-23)21(25)24-18-6-4-14(5-7-18)22(26)27/h4-7,9-11,13H,3,8H2,1-2H3,(H,24,25)(H,26,27)/b17-9+/t13-/m0/s1. The van der Waals surface area contributed by atoms with Crippen molar-refractivity contribution in [1.82, 2.24) is 0 Å². The van der Waals surface area contributed by atoms with Gasteiger partial charge in [-0.3, -0.25) is 4.79 Å². The molecule has 7 nitrogen and oxygen atoms in total. The minimum Gasteiger partial charge on any atom is -0.493 e. The number of hydrogen-bond donors (Lipinski definition) is 2. The summed E-state index contributed by atoms with van der Waals surface area (Å²) in [5.41, 5.74) is 1.98. The summed E-state index contributed by atoms with van der Waals surface area (Å²) in [4.78, 5) is 23.4. The first-order chi connectivity index (χ1) is 13.9. The predicted octanol–water partition coefficient (Wildman–Crippen LogP) is 3.65. The van der Waals surface area contributed by atoms with Gasteiger partial charge in [0.1, 0.15) is 29.2 Å². The normalized spacial score (nSPS) is 15.1. The van der Waals surface area contributed by atoms with Gasteiger partial charge in [0.2, 0.25) is 0 Å². The molecular weight excluding hydrogens is 372 g/mol. The summed E-state index contributed by atoms with van der Waals surface area (Å²) < 4.78 is 11.4. The molecule has 1 amide bonds. The molecule has 0 aliphatic carbocycles. The number of nitrogens with one attached hydrogen (secondary N) is 1. The van der Waals surface area contributed by atoms with Crippen LogP contribution < -0.4 is 14.8 Å². The fourth-order valence-electron chi connectivity index (χ4n) is 3.05. The van der Waals surface area contributed by atoms with E-state index in [9.17, 15) is 14.9 Å². The van der Waals surface area contributed by atoms with Crippen molar-refractivity contribution in [3.63, 3.8) is 0 Å². The molecule has 7 heteroatoms. The third kappa shape index (κ3) is 4.55. The van der Waals surface area contributed by atoms with Crippen LogP contribution in [-0.2, 0) is 11.2 Å². The first-order valence-corrected chi connectivity index (χ1v) is 9.14. The Hall–Kier alpha value is -3.79. The van der Waals surface area contributed by atoms with Gasteiger partial charge in [-0.1, -0.05) is 0 Å². The van der Waals surface area contributed by atoms with E-state index in [1.165, 1.54) is 30.3 Å². The number of carbonyl (C=O) groups excluding carboxylic acids is 1. The average molecular weight is 392 g/mol. The lowest BCUT2D eigenvalue weighted by Crippen LogP contribution is -2.13. The highest BCUT2D eigenvalue weighted by Crippen LogP contribution is 2.36. The smallest absolute Gasteiger partial charge is 0.335 e. The number of nitriles is 1. The Bertz CT molecular complexity index is 1020. The summed E-state index contributed by atoms with van der Waals surface area (Å²) in [6.45, 7) is 4.28. The van der Waals surface area contributed by atoms with Crippen LogP contribution >= 0.6 is 0 Å². The van der Waals surface area contributed by atoms with Crippen molar-refractivity contribution >= 4 is 23.6 Å². The first-order valence-electron chi connectivity index (χ1n) is 9.14. The van der Waals surface area contributed by atoms with Crippen molar-refractivity contribution in [1.29, 1.82) is 5.26 Å². The van der Waals surface area contributed by atoms with Crippen LogP contribution in [0.25, 0.3) is 6.08 Å². The summed E-state index contributed by atoms with van der Waals surface area (Å²) in [7, 11) is 0. The van der Waals surface area contributed by atoms with Crippen molar-refractivity contribution in [2.24, 2.45) is 0 Å². The molecule has 0 saturated heterocycles. The van der Waals surface area contributed by atoms with Gasteiger partial charge in [0.15, 0.2) is 0 Å². The van der Waals surface area contributed by atoms with E-state index in [-0.39, 0.29) is 17.2 Å². The molecule has 0 radical (unpaired) electrons. The predicted molar refractivity (Wildman–Crippen MR) is 107 cm³/mol. The molecule has 1 heterocycles. The highest BCUT2D eigenvalue weighted by atomic mass is 16.5. The Morgan fingerprint density at radius 3 is 2.69 bits per heavy atom. The van der Waals surface area contributed by atoms with E-state index < -0.39 is 11.9 Å². The molecule has 0 saturated carbocycles. The van der Waals surface area contributed by atoms with Crippen LogP contribution in [-0.4, -0.2) is 29.7 Å². The second kappa shape index (κ2) is 8.48. The van der Waals surface area contributed by atoms with Crippen molar-refractivity contribution in [2.45, 2.75) is 26.4 Å². The Morgan fingerprint density at radius 2 is 2.07 bits per heavy atom. The van der Waals surface area contributed by atoms with Gasteiger partial charge < -0.3 is 19.9 Å². The van der Waals surface area contributed by atoms with Crippen LogP contribution in [0.4, 0.5) is 5.69 Å². The number of rotatable bonds is 6. The SMILES string of the molecule is CCOc1cc2c(cc1/C=C(\C#N)C(=O)Nc1ccc(C(=O)O)cc1)O[C@@H](C)C2. The van der Waals surface area contributed by atoms with Gasteiger partial charge in [-0.15, -0.1) is 0 Å². The number of benzene rings is 2. The second-order valence-corrected chi connectivity index (χ2v) is 6.57. The lowest BCUT2D eigenvalue weighted by atomic mass is 10.0. The van der Waals surface area contributed by atoms with E-state index >= 15 is 0 Å². The maximum Gasteiger partial charge on any atom is 0.335 e. The van der Waals surface area contributed by atoms with Gasteiger partial charge in [0, 0.05) is 23.2 Å². The third-order valence-electron chi connectivity index (χ3n) is 4.38. The number of anilines is 1. The zero-order valence-electron chi connectivity index (χ0n) is 16.1. The van der Waals surface area contributed by atoms with Crippen molar-refractivity contribution < 1.29 is 24.2 Å². The van der Waals surface area contributed by atoms with Gasteiger partial charge in [-0.25, -0.2) is 4.79 Å². The quantitative estimate of drug-likeness (QED) is 0.574. The molecule has 0 spiro atoms. The van der Waals surface area contributed by atoms with E-state index in [4.69, 9.17) is 14.6 Å². The average Bonchev–Trinajstić information content (AvgIpc) is 3.05. The van der Waals surface area contributed by atoms with Crippen LogP contribution in [0.5, 0.6) is 11.5 Å². The van der Waals surface area contributed by atoms with E-state index in [2.05, 4.69) is 5.32 Å². The van der Waals surface area contributed by atoms with Crippen LogP contribution in [0.15, 0.2) is 42.0 Å². The highest BCUT2D eigenvalue weighted by Gasteiger charge is 2.22. The minimum atomic E-state index is -1.06. The van der Waals surface area contributed by atoms with Crippen molar-refractivity contribution in [2.75, 3.05) is 11.9 Å². The molecule has 0 unspecified atom stereocenters. The molecule has 0 bridgehead atoms. The summed E-state index contributed by atoms with van der Waals surface area (Å²) >= 11 is 0. The van der Waals surface area contributed by atoms with Gasteiger partial charge in [-0.2, -0.15) is 5.26 Å². The Labute approximate surface area is 168 Å². The number of carboxylic acids is 1. The molecule has 1 aliphatic rings. The second-order valence-electron chi connectivity index (χ2n) is 6.57. The number of fused-ring (bicyclic) bond motifs is 1. The number of carbonyl (C=O) groups is 2. The van der Waals surface area contributed by atoms with Crippen LogP contribution in [0.3, 0.4) is 0 Å². The lowest BCUT2D eigenvalue weighted by Gasteiger charge is -2.11. The molecule has 2 aromatic rings. The van der Waals surface area contributed by atoms with Gasteiger partial charge >= 0.3 is 5.97 Å². The fourth-order valence-corrected chi connectivity index (χ4v) is 3.05. The number of hydrogen-bond acceptors (Lipinski definition) is 5. The van der Waals surface area contributed by atoms with Gasteiger partial charge in [0.25, 0.3) is 5.91 Å². The lowest BCUT2D eigenvalue weighted by molar-refractivity contribution is -0.112. The number of amides is 1. The Morgan fingerprint density at radius 1 is 1.34 bits per heavy atom. The van der Waals surface area contributed by atoms with E-state index in [0.29, 0.717) is 29.4 Å². The van der Waals surface area contributed by atoms with Crippen LogP contribution in [0, 0.1) is 11.3 Å². The van der Waals surface area contributed by atoms with Gasteiger partial charge in [-0.05, 0) is 56.3 Å². The summed E-state index contributed by atoms with van der Waals surface area (Å²) in [5, 5.41) is 21.0. The van der Waals surface area contributed by atoms with Crippen LogP contribution in [0.1, 0.15) is 35.3 Å². The molecule has 1 atom stereocenters. The maximum absolute atomic E-state index is 12.5. The van der Waals surface area contributed by atoms with Crippen LogP contribution in [0.2, 0.25) is 0 Å². The maximum atomic E-state index is 12.5. The number of ether oxygens (including phenoxy) is 2. The highest BCUT2D eigenvalue weighted by molar-refractivity contribution is 6.10. The fraction of sp³-hybridized carbons (Fsp3) is 0.227. The zero-order valence-corrected chi connectivity index (χ0v) is 16.1. The van der Waals surface area contributed by atoms with E-state index in [0.717, 1.165) is 12.0 Å². The molecule has 29 heavy (non-hydrogen) atoms. The molecule has 2 N–H and O–H groups in total. The number of carboxylic acid groups (broad SMARTS) is 1. The zero-order chi connectivity index (χ0) is 21.0. The molecule has 0 fully saturated rings. The largest absolute Gasteiger partial charge is 0.493 e. The summed E-state index contributed by atoms with van der Waals surface area (Å²) in [6.07, 6.45) is 2.29. The molecule has 1 aliphatic heterocycles. The van der Waals surface area contributed by atoms with Crippen molar-refractivity contribution in [3.05, 3.63) is 58.7 Å². The Balaban J connectivity index is 1.87. The monoisotopic (exact) mass is 392 g/mol. The van der Waals surface area contributed by atoms with Gasteiger partial charge in [0.05, 0.1) is 12.2 Å². The Kier molecular flexibility index (Phi) is 5.84. The summed E-state index contributed by atoms with van der Waals surface area (Å²) in [5.74, 6) is -0.366. The van der Waals surface area contributed by atoms with E-state index in [1.807, 2.05) is 26.0 Å². The molecule has 2 aromatic carbocycles. The number of nitrogens with zero attached hydrogens (tertiary/aromatic N) is 1. The topological polar surface area (TPSA) is 109 Å². The minimum absolute atomic E-state index is 0.0613. The molecular formula is C22H20N2O5. The third-order valence-corrected chi connectivity index (χ3v) is 4.38.